The van der Waals surface area contributed by atoms with E-state index in [0.29, 0.717) is 25.9 Å². The molecule has 37 heavy (non-hydrogen) atoms. The van der Waals surface area contributed by atoms with Gasteiger partial charge < -0.3 is 19.5 Å². The standard InChI is InChI=1S/C30H32N4O3/c1-24(32-28(35)27-11-7-22-37-27)29(36)34-19-8-18-33(20-21-34)17-6-5-14-30(23-31)15-12-26(13-16-30)25-9-3-2-4-10-25/h2-4,7,9-13,15,22,24H,6,8,16-21H2,1H3,(H,32,35)/t24-,30?/m1/s1. The van der Waals surface area contributed by atoms with Gasteiger partial charge in [-0.25, -0.2) is 0 Å². The first-order valence-electron chi connectivity index (χ1n) is 12.7. The lowest BCUT2D eigenvalue weighted by atomic mass is 9.81. The molecule has 0 bridgehead atoms. The number of rotatable bonds is 6. The summed E-state index contributed by atoms with van der Waals surface area (Å²) in [5.74, 6) is 6.13. The van der Waals surface area contributed by atoms with Crippen molar-refractivity contribution in [1.82, 2.24) is 15.1 Å². The Bertz CT molecular complexity index is 1250. The molecule has 1 saturated heterocycles. The van der Waals surface area contributed by atoms with Gasteiger partial charge in [0.25, 0.3) is 5.91 Å². The predicted molar refractivity (Wildman–Crippen MR) is 142 cm³/mol. The van der Waals surface area contributed by atoms with Crippen LogP contribution in [0.3, 0.4) is 0 Å². The molecule has 1 unspecified atom stereocenters. The van der Waals surface area contributed by atoms with E-state index in [1.807, 2.05) is 35.3 Å². The number of nitriles is 1. The van der Waals surface area contributed by atoms with E-state index >= 15 is 0 Å². The SMILES string of the molecule is C[C@@H](NC(=O)c1ccco1)C(=O)N1CCCN(CCC#CC2(C#N)C=CC(c3ccccc3)=CC2)CC1. The summed E-state index contributed by atoms with van der Waals surface area (Å²) >= 11 is 0. The smallest absolute Gasteiger partial charge is 0.287 e. The Morgan fingerprint density at radius 3 is 2.68 bits per heavy atom. The van der Waals surface area contributed by atoms with Crippen molar-refractivity contribution in [2.24, 2.45) is 5.41 Å². The van der Waals surface area contributed by atoms with Crippen LogP contribution < -0.4 is 5.32 Å². The van der Waals surface area contributed by atoms with Crippen LogP contribution >= 0.6 is 0 Å². The van der Waals surface area contributed by atoms with E-state index in [0.717, 1.165) is 37.2 Å². The van der Waals surface area contributed by atoms with Crippen molar-refractivity contribution in [1.29, 1.82) is 5.26 Å². The minimum atomic E-state index is -0.781. The molecule has 1 aliphatic carbocycles. The number of allylic oxidation sites excluding steroid dienone is 4. The van der Waals surface area contributed by atoms with Crippen LogP contribution in [0.25, 0.3) is 5.57 Å². The first-order valence-corrected chi connectivity index (χ1v) is 12.7. The van der Waals surface area contributed by atoms with Crippen LogP contribution in [0.2, 0.25) is 0 Å². The van der Waals surface area contributed by atoms with Gasteiger partial charge in [-0.15, -0.1) is 0 Å². The lowest BCUT2D eigenvalue weighted by Crippen LogP contribution is -2.48. The summed E-state index contributed by atoms with van der Waals surface area (Å²) in [5, 5.41) is 12.5. The molecule has 2 amide bonds. The third-order valence-corrected chi connectivity index (χ3v) is 6.73. The van der Waals surface area contributed by atoms with Crippen LogP contribution in [-0.2, 0) is 4.79 Å². The Kier molecular flexibility index (Phi) is 8.61. The second-order valence-electron chi connectivity index (χ2n) is 9.39. The molecular weight excluding hydrogens is 464 g/mol. The van der Waals surface area contributed by atoms with E-state index in [2.05, 4.69) is 46.3 Å². The minimum absolute atomic E-state index is 0.0930. The first kappa shape index (κ1) is 26.0. The number of carbonyl (C=O) groups is 2. The molecule has 4 rings (SSSR count). The largest absolute Gasteiger partial charge is 0.459 e. The Balaban J connectivity index is 1.24. The van der Waals surface area contributed by atoms with Gasteiger partial charge in [0.05, 0.1) is 12.3 Å². The Labute approximate surface area is 218 Å². The predicted octanol–water partition coefficient (Wildman–Crippen LogP) is 3.88. The second-order valence-corrected chi connectivity index (χ2v) is 9.39. The molecular formula is C30H32N4O3. The second kappa shape index (κ2) is 12.3. The number of amides is 2. The van der Waals surface area contributed by atoms with Crippen LogP contribution in [0.4, 0.5) is 0 Å². The van der Waals surface area contributed by atoms with E-state index in [-0.39, 0.29) is 11.7 Å². The van der Waals surface area contributed by atoms with E-state index in [1.54, 1.807) is 19.1 Å². The monoisotopic (exact) mass is 496 g/mol. The summed E-state index contributed by atoms with van der Waals surface area (Å²) in [4.78, 5) is 29.2. The van der Waals surface area contributed by atoms with Crippen LogP contribution in [-0.4, -0.2) is 60.4 Å². The number of hydrogen-bond acceptors (Lipinski definition) is 5. The fourth-order valence-corrected chi connectivity index (χ4v) is 4.55. The van der Waals surface area contributed by atoms with Gasteiger partial charge in [0.15, 0.2) is 5.76 Å². The normalized spacial score (nSPS) is 20.5. The molecule has 1 aromatic carbocycles. The van der Waals surface area contributed by atoms with Crippen molar-refractivity contribution < 1.29 is 14.0 Å². The summed E-state index contributed by atoms with van der Waals surface area (Å²) < 4.78 is 5.10. The number of benzene rings is 1. The highest BCUT2D eigenvalue weighted by Crippen LogP contribution is 2.32. The molecule has 2 atom stereocenters. The zero-order valence-corrected chi connectivity index (χ0v) is 21.2. The van der Waals surface area contributed by atoms with Crippen molar-refractivity contribution in [3.63, 3.8) is 0 Å². The van der Waals surface area contributed by atoms with E-state index in [1.165, 1.54) is 6.26 Å². The lowest BCUT2D eigenvalue weighted by Gasteiger charge is -2.25. The molecule has 1 aromatic heterocycles. The van der Waals surface area contributed by atoms with Gasteiger partial charge in [-0.1, -0.05) is 60.4 Å². The Morgan fingerprint density at radius 2 is 1.97 bits per heavy atom. The number of nitrogens with zero attached hydrogens (tertiary/aromatic N) is 3. The average Bonchev–Trinajstić information content (AvgIpc) is 3.38. The molecule has 1 N–H and O–H groups in total. The van der Waals surface area contributed by atoms with E-state index < -0.39 is 17.4 Å². The third kappa shape index (κ3) is 6.78. The fraction of sp³-hybridized carbons (Fsp3) is 0.367. The molecule has 1 fully saturated rings. The van der Waals surface area contributed by atoms with Crippen molar-refractivity contribution in [2.45, 2.75) is 32.2 Å². The van der Waals surface area contributed by atoms with Crippen LogP contribution in [0.15, 0.2) is 71.4 Å². The van der Waals surface area contributed by atoms with Crippen LogP contribution in [0.1, 0.15) is 42.3 Å². The summed E-state index contributed by atoms with van der Waals surface area (Å²) in [5.41, 5.74) is 1.48. The molecule has 2 heterocycles. The van der Waals surface area contributed by atoms with E-state index in [4.69, 9.17) is 4.42 Å². The summed E-state index contributed by atoms with van der Waals surface area (Å²) in [7, 11) is 0. The molecule has 0 radical (unpaired) electrons. The van der Waals surface area contributed by atoms with Gasteiger partial charge in [0.2, 0.25) is 5.91 Å². The zero-order valence-electron chi connectivity index (χ0n) is 21.2. The topological polar surface area (TPSA) is 89.6 Å². The van der Waals surface area contributed by atoms with Crippen molar-refractivity contribution >= 4 is 17.4 Å². The van der Waals surface area contributed by atoms with Gasteiger partial charge >= 0.3 is 0 Å². The molecule has 2 aromatic rings. The maximum Gasteiger partial charge on any atom is 0.287 e. The highest BCUT2D eigenvalue weighted by atomic mass is 16.3. The lowest BCUT2D eigenvalue weighted by molar-refractivity contribution is -0.132. The molecule has 0 spiro atoms. The number of nitrogens with one attached hydrogen (secondary N) is 1. The maximum atomic E-state index is 12.9. The first-order chi connectivity index (χ1) is 18.0. The summed E-state index contributed by atoms with van der Waals surface area (Å²) in [6.07, 6.45) is 9.53. The molecule has 1 aliphatic heterocycles. The van der Waals surface area contributed by atoms with Crippen LogP contribution in [0.5, 0.6) is 0 Å². The van der Waals surface area contributed by atoms with Gasteiger partial charge in [0, 0.05) is 32.6 Å². The van der Waals surface area contributed by atoms with Crippen molar-refractivity contribution in [3.05, 3.63) is 78.3 Å². The fourth-order valence-electron chi connectivity index (χ4n) is 4.55. The Morgan fingerprint density at radius 1 is 1.14 bits per heavy atom. The molecule has 190 valence electrons. The molecule has 0 saturated carbocycles. The van der Waals surface area contributed by atoms with Gasteiger partial charge in [-0.05, 0) is 49.6 Å². The van der Waals surface area contributed by atoms with Crippen molar-refractivity contribution in [3.8, 4) is 17.9 Å². The van der Waals surface area contributed by atoms with Crippen molar-refractivity contribution in [2.75, 3.05) is 32.7 Å². The van der Waals surface area contributed by atoms with E-state index in [9.17, 15) is 14.9 Å². The quantitative estimate of drug-likeness (QED) is 0.613. The van der Waals surface area contributed by atoms with Gasteiger partial charge in [0.1, 0.15) is 11.5 Å². The van der Waals surface area contributed by atoms with Gasteiger partial charge in [-0.2, -0.15) is 5.26 Å². The number of carbonyl (C=O) groups excluding carboxylic acids is 2. The van der Waals surface area contributed by atoms with Gasteiger partial charge in [-0.3, -0.25) is 9.59 Å². The Hall–Kier alpha value is -4.07. The summed E-state index contributed by atoms with van der Waals surface area (Å²) in [6.45, 7) is 5.37. The number of hydrogen-bond donors (Lipinski definition) is 1. The number of furan rings is 1. The average molecular weight is 497 g/mol. The molecule has 7 nitrogen and oxygen atoms in total. The molecule has 2 aliphatic rings. The zero-order chi connectivity index (χ0) is 26.1. The minimum Gasteiger partial charge on any atom is -0.459 e. The summed E-state index contributed by atoms with van der Waals surface area (Å²) in [6, 6.07) is 15.1. The molecule has 7 heteroatoms. The highest BCUT2D eigenvalue weighted by molar-refractivity contribution is 5.95. The third-order valence-electron chi connectivity index (χ3n) is 6.73. The highest BCUT2D eigenvalue weighted by Gasteiger charge is 2.27. The maximum absolute atomic E-state index is 12.9. The van der Waals surface area contributed by atoms with Crippen LogP contribution in [0, 0.1) is 28.6 Å².